The quantitative estimate of drug-likeness (QED) is 0.619. The molecule has 6 heteroatoms. The first-order valence-electron chi connectivity index (χ1n) is 7.01. The van der Waals surface area contributed by atoms with Crippen molar-refractivity contribution in [3.05, 3.63) is 64.8 Å². The molecule has 0 bridgehead atoms. The highest BCUT2D eigenvalue weighted by Crippen LogP contribution is 2.25. The zero-order valence-corrected chi connectivity index (χ0v) is 12.2. The van der Waals surface area contributed by atoms with Crippen molar-refractivity contribution < 1.29 is 9.13 Å². The molecule has 2 aromatic carbocycles. The molecule has 2 heterocycles. The van der Waals surface area contributed by atoms with Crippen molar-refractivity contribution >= 4 is 16.7 Å². The van der Waals surface area contributed by atoms with Crippen LogP contribution in [0, 0.1) is 5.82 Å². The number of benzene rings is 2. The van der Waals surface area contributed by atoms with E-state index in [0.29, 0.717) is 11.3 Å². The number of para-hydroxylation sites is 2. The topological polar surface area (TPSA) is 59.4 Å². The number of nitrogens with zero attached hydrogens (tertiary/aromatic N) is 2. The number of H-pyrrole nitrogens is 1. The first-order chi connectivity index (χ1) is 11.2. The Bertz CT molecular complexity index is 1100. The highest BCUT2D eigenvalue weighted by molar-refractivity contribution is 5.78. The molecule has 0 radical (unpaired) electrons. The molecule has 0 unspecified atom stereocenters. The maximum atomic E-state index is 13.9. The van der Waals surface area contributed by atoms with Crippen molar-refractivity contribution in [2.24, 2.45) is 0 Å². The minimum atomic E-state index is -0.471. The average molecular weight is 309 g/mol. The molecule has 0 atom stereocenters. The van der Waals surface area contributed by atoms with Crippen LogP contribution >= 0.6 is 0 Å². The maximum absolute atomic E-state index is 13.9. The Labute approximate surface area is 130 Å². The number of methoxy groups -OCH3 is 1. The lowest BCUT2D eigenvalue weighted by molar-refractivity contribution is 0.386. The molecule has 23 heavy (non-hydrogen) atoms. The van der Waals surface area contributed by atoms with Gasteiger partial charge in [-0.15, -0.1) is 0 Å². The summed E-state index contributed by atoms with van der Waals surface area (Å²) in [6.45, 7) is 0. The number of aromatic nitrogens is 3. The van der Waals surface area contributed by atoms with Gasteiger partial charge in [0.25, 0.3) is 5.56 Å². The number of hydrogen-bond donors (Lipinski definition) is 1. The number of imidazole rings is 1. The summed E-state index contributed by atoms with van der Waals surface area (Å²) < 4.78 is 20.5. The molecule has 0 saturated carbocycles. The number of fused-ring (bicyclic) bond motifs is 3. The van der Waals surface area contributed by atoms with Gasteiger partial charge in [0, 0.05) is 11.8 Å². The first kappa shape index (κ1) is 13.5. The van der Waals surface area contributed by atoms with Crippen LogP contribution < -0.4 is 10.3 Å². The van der Waals surface area contributed by atoms with Gasteiger partial charge in [-0.2, -0.15) is 0 Å². The molecule has 0 saturated heterocycles. The van der Waals surface area contributed by atoms with E-state index < -0.39 is 5.82 Å². The maximum Gasteiger partial charge on any atom is 0.292 e. The Morgan fingerprint density at radius 2 is 2.04 bits per heavy atom. The summed E-state index contributed by atoms with van der Waals surface area (Å²) in [5.41, 5.74) is 2.63. The van der Waals surface area contributed by atoms with E-state index in [0.717, 1.165) is 11.0 Å². The van der Waals surface area contributed by atoms with Gasteiger partial charge >= 0.3 is 0 Å². The van der Waals surface area contributed by atoms with Gasteiger partial charge in [0.1, 0.15) is 0 Å². The number of ether oxygens (including phenoxy) is 1. The van der Waals surface area contributed by atoms with E-state index >= 15 is 0 Å². The monoisotopic (exact) mass is 309 g/mol. The van der Waals surface area contributed by atoms with Crippen LogP contribution in [0.4, 0.5) is 4.39 Å². The van der Waals surface area contributed by atoms with Crippen LogP contribution in [0.5, 0.6) is 5.75 Å². The molecule has 0 aliphatic rings. The van der Waals surface area contributed by atoms with Crippen molar-refractivity contribution in [2.75, 3.05) is 7.11 Å². The van der Waals surface area contributed by atoms with Gasteiger partial charge in [-0.3, -0.25) is 9.20 Å². The lowest BCUT2D eigenvalue weighted by atomic mass is 10.1. The second-order valence-electron chi connectivity index (χ2n) is 5.14. The third-order valence-electron chi connectivity index (χ3n) is 3.77. The zero-order valence-electron chi connectivity index (χ0n) is 12.2. The Balaban J connectivity index is 1.99. The Hall–Kier alpha value is -3.15. The lowest BCUT2D eigenvalue weighted by Gasteiger charge is -2.02. The Kier molecular flexibility index (Phi) is 2.90. The van der Waals surface area contributed by atoms with Crippen LogP contribution in [0.15, 0.2) is 53.5 Å². The van der Waals surface area contributed by atoms with Crippen LogP contribution in [0.2, 0.25) is 0 Å². The van der Waals surface area contributed by atoms with Gasteiger partial charge < -0.3 is 9.72 Å². The molecule has 0 aliphatic heterocycles. The third-order valence-corrected chi connectivity index (χ3v) is 3.77. The largest absolute Gasteiger partial charge is 0.494 e. The highest BCUT2D eigenvalue weighted by Gasteiger charge is 2.12. The van der Waals surface area contributed by atoms with E-state index in [2.05, 4.69) is 9.97 Å². The van der Waals surface area contributed by atoms with Gasteiger partial charge in [-0.1, -0.05) is 12.1 Å². The van der Waals surface area contributed by atoms with Crippen LogP contribution in [0.1, 0.15) is 0 Å². The Morgan fingerprint density at radius 3 is 2.83 bits per heavy atom. The Morgan fingerprint density at radius 1 is 1.22 bits per heavy atom. The van der Waals surface area contributed by atoms with Gasteiger partial charge in [0.2, 0.25) is 5.65 Å². The van der Waals surface area contributed by atoms with Gasteiger partial charge in [0.15, 0.2) is 11.6 Å². The summed E-state index contributed by atoms with van der Waals surface area (Å²) in [5.74, 6) is -0.304. The predicted octanol–water partition coefficient (Wildman–Crippen LogP) is 2.99. The average Bonchev–Trinajstić information content (AvgIpc) is 3.01. The number of halogens is 1. The third kappa shape index (κ3) is 2.07. The summed E-state index contributed by atoms with van der Waals surface area (Å²) in [6, 6.07) is 12.0. The summed E-state index contributed by atoms with van der Waals surface area (Å²) in [4.78, 5) is 19.3. The van der Waals surface area contributed by atoms with Gasteiger partial charge in [-0.05, 0) is 30.3 Å². The second kappa shape index (κ2) is 4.95. The van der Waals surface area contributed by atoms with E-state index in [1.54, 1.807) is 16.7 Å². The first-order valence-corrected chi connectivity index (χ1v) is 7.01. The van der Waals surface area contributed by atoms with Gasteiger partial charge in [0.05, 0.1) is 23.8 Å². The molecule has 1 N–H and O–H groups in total. The van der Waals surface area contributed by atoms with E-state index in [4.69, 9.17) is 4.74 Å². The van der Waals surface area contributed by atoms with Crippen molar-refractivity contribution in [1.82, 2.24) is 14.4 Å². The molecule has 0 amide bonds. The molecule has 0 aliphatic carbocycles. The van der Waals surface area contributed by atoms with E-state index in [-0.39, 0.29) is 17.0 Å². The highest BCUT2D eigenvalue weighted by atomic mass is 19.1. The molecule has 0 fully saturated rings. The van der Waals surface area contributed by atoms with E-state index in [1.165, 1.54) is 19.2 Å². The number of rotatable bonds is 2. The second-order valence-corrected chi connectivity index (χ2v) is 5.14. The molecule has 4 aromatic rings. The molecule has 114 valence electrons. The SMILES string of the molecule is COc1ccc(-c2cn3c(n2)c(=O)[nH]c2ccccc23)cc1F. The summed E-state index contributed by atoms with van der Waals surface area (Å²) in [7, 11) is 1.41. The van der Waals surface area contributed by atoms with Crippen molar-refractivity contribution in [3.8, 4) is 17.0 Å². The molecular formula is C17H12FN3O2. The van der Waals surface area contributed by atoms with Crippen molar-refractivity contribution in [3.63, 3.8) is 0 Å². The van der Waals surface area contributed by atoms with Gasteiger partial charge in [-0.25, -0.2) is 9.37 Å². The van der Waals surface area contributed by atoms with E-state index in [9.17, 15) is 9.18 Å². The number of hydrogen-bond acceptors (Lipinski definition) is 3. The normalized spacial score (nSPS) is 11.2. The van der Waals surface area contributed by atoms with E-state index in [1.807, 2.05) is 24.3 Å². The summed E-state index contributed by atoms with van der Waals surface area (Å²) >= 11 is 0. The van der Waals surface area contributed by atoms with Crippen LogP contribution in [-0.4, -0.2) is 21.5 Å². The molecular weight excluding hydrogens is 297 g/mol. The molecule has 2 aromatic heterocycles. The van der Waals surface area contributed by atoms with Crippen LogP contribution in [0.25, 0.3) is 27.9 Å². The smallest absolute Gasteiger partial charge is 0.292 e. The fourth-order valence-corrected chi connectivity index (χ4v) is 2.66. The fraction of sp³-hybridized carbons (Fsp3) is 0.0588. The van der Waals surface area contributed by atoms with Crippen molar-refractivity contribution in [2.45, 2.75) is 0 Å². The molecule has 4 rings (SSSR count). The number of nitrogens with one attached hydrogen (secondary N) is 1. The molecule has 5 nitrogen and oxygen atoms in total. The van der Waals surface area contributed by atoms with Crippen LogP contribution in [-0.2, 0) is 0 Å². The summed E-state index contributed by atoms with van der Waals surface area (Å²) in [5, 5.41) is 0. The standard InChI is InChI=1S/C17H12FN3O2/c1-23-15-7-6-10(8-11(15)18)13-9-21-14-5-3-2-4-12(14)20-17(22)16(21)19-13/h2-9H,1H3,(H,20,22). The minimum Gasteiger partial charge on any atom is -0.494 e. The number of aromatic amines is 1. The molecule has 0 spiro atoms. The predicted molar refractivity (Wildman–Crippen MR) is 85.3 cm³/mol. The lowest BCUT2D eigenvalue weighted by Crippen LogP contribution is -2.10. The zero-order chi connectivity index (χ0) is 16.0. The van der Waals surface area contributed by atoms with Crippen molar-refractivity contribution in [1.29, 1.82) is 0 Å². The summed E-state index contributed by atoms with van der Waals surface area (Å²) in [6.07, 6.45) is 1.73. The fourth-order valence-electron chi connectivity index (χ4n) is 2.66. The van der Waals surface area contributed by atoms with Crippen LogP contribution in [0.3, 0.4) is 0 Å². The minimum absolute atomic E-state index is 0.167.